The molecular formula is C77H104Cl2F6. The fourth-order valence-corrected chi connectivity index (χ4v) is 8.95. The van der Waals surface area contributed by atoms with Gasteiger partial charge in [0.1, 0.15) is 34.9 Å². The van der Waals surface area contributed by atoms with Crippen LogP contribution in [0.3, 0.4) is 0 Å². The number of rotatable bonds is 0. The maximum atomic E-state index is 13.6. The van der Waals surface area contributed by atoms with Crippen LogP contribution in [-0.2, 0) is 37.9 Å². The zero-order chi connectivity index (χ0) is 66.3. The lowest BCUT2D eigenvalue weighted by atomic mass is 9.85. The summed E-state index contributed by atoms with van der Waals surface area (Å²) in [6, 6.07) is 36.6. The van der Waals surface area contributed by atoms with Gasteiger partial charge < -0.3 is 0 Å². The van der Waals surface area contributed by atoms with Crippen molar-refractivity contribution in [3.63, 3.8) is 0 Å². The zero-order valence-corrected chi connectivity index (χ0v) is 58.6. The van der Waals surface area contributed by atoms with E-state index in [1.165, 1.54) is 34.4 Å². The summed E-state index contributed by atoms with van der Waals surface area (Å²) in [4.78, 5) is 0. The molecule has 0 N–H and O–H groups in total. The molecule has 0 radical (unpaired) electrons. The molecule has 0 fully saturated rings. The second-order valence-corrected chi connectivity index (χ2v) is 30.6. The van der Waals surface area contributed by atoms with Crippen molar-refractivity contribution in [2.45, 2.75) is 232 Å². The molecule has 0 bridgehead atoms. The quantitative estimate of drug-likeness (QED) is 0.133. The van der Waals surface area contributed by atoms with Gasteiger partial charge in [0.25, 0.3) is 0 Å². The highest BCUT2D eigenvalue weighted by Crippen LogP contribution is 2.32. The highest BCUT2D eigenvalue weighted by Gasteiger charge is 2.23. The Kier molecular flexibility index (Phi) is 28.9. The minimum Gasteiger partial charge on any atom is -0.207 e. The molecule has 0 aromatic heterocycles. The standard InChI is InChI=1S/C11H14ClF.C11H15Cl.C11H14F2.3C11H15F.C11H16/c1-7-5-8(12)6-9(10(7)13)11(2,3)4;1-8-5-9(11(2,3)4)7-10(12)6-8;1-7-5-8(12)6-9(10(7)13)11(2,3)4;2*1-8-5-9(11(2,3)4)7-10(12)6-8;1-8-6-5-7-9(10(8)12)11(2,3)4;1-9-6-5-7-10(8-9)11(2,3)4/h5-6H,1-4H3;5-7H,1-4H3;5-6H,1-4H3;3*5-7H,1-4H3;5-8H,1-4H3. The van der Waals surface area contributed by atoms with Gasteiger partial charge in [-0.3, -0.25) is 0 Å². The summed E-state index contributed by atoms with van der Waals surface area (Å²) in [7, 11) is 0. The SMILES string of the molecule is Cc1cc(Cl)cc(C(C)(C)C)c1.Cc1cc(Cl)cc(C(C)(C)C)c1F.Cc1cc(F)cc(C(C)(C)C)c1.Cc1cc(F)cc(C(C)(C)C)c1.Cc1cc(F)cc(C(C)(C)C)c1F.Cc1cccc(C(C)(C)C)c1.Cc1cccc(C(C)(C)C)c1F. The summed E-state index contributed by atoms with van der Waals surface area (Å²) in [6.07, 6.45) is 0. The maximum absolute atomic E-state index is 13.6. The largest absolute Gasteiger partial charge is 0.207 e. The topological polar surface area (TPSA) is 0 Å². The molecule has 0 amide bonds. The van der Waals surface area contributed by atoms with E-state index in [2.05, 4.69) is 127 Å². The Morgan fingerprint density at radius 2 is 0.565 bits per heavy atom. The van der Waals surface area contributed by atoms with Crippen LogP contribution in [0.15, 0.2) is 121 Å². The molecule has 7 rings (SSSR count). The van der Waals surface area contributed by atoms with E-state index in [4.69, 9.17) is 23.2 Å². The monoisotopic (exact) mass is 1210 g/mol. The number of benzene rings is 7. The number of halogens is 8. The van der Waals surface area contributed by atoms with Gasteiger partial charge >= 0.3 is 0 Å². The van der Waals surface area contributed by atoms with Gasteiger partial charge in [-0.15, -0.1) is 0 Å². The third-order valence-corrected chi connectivity index (χ3v) is 14.1. The number of hydrogen-bond acceptors (Lipinski definition) is 0. The second-order valence-electron chi connectivity index (χ2n) is 29.8. The van der Waals surface area contributed by atoms with Crippen LogP contribution in [0.2, 0.25) is 10.0 Å². The Morgan fingerprint density at radius 1 is 0.247 bits per heavy atom. The average Bonchev–Trinajstić information content (AvgIpc) is 3.54. The van der Waals surface area contributed by atoms with Gasteiger partial charge in [-0.1, -0.05) is 235 Å². The van der Waals surface area contributed by atoms with Gasteiger partial charge in [-0.25, -0.2) is 26.3 Å². The molecule has 0 aliphatic carbocycles. The van der Waals surface area contributed by atoms with Crippen molar-refractivity contribution in [2.75, 3.05) is 0 Å². The molecule has 7 aromatic rings. The van der Waals surface area contributed by atoms with Gasteiger partial charge in [-0.05, 0) is 219 Å². The summed E-state index contributed by atoms with van der Waals surface area (Å²) in [5.41, 5.74) is 12.9. The van der Waals surface area contributed by atoms with Crippen LogP contribution in [0.25, 0.3) is 0 Å². The molecule has 0 unspecified atom stereocenters. The zero-order valence-electron chi connectivity index (χ0n) is 57.1. The first-order chi connectivity index (χ1) is 38.2. The summed E-state index contributed by atoms with van der Waals surface area (Å²) in [5, 5.41) is 1.43. The first-order valence-corrected chi connectivity index (χ1v) is 30.1. The molecule has 0 nitrogen and oxygen atoms in total. The first kappa shape index (κ1) is 77.7. The smallest absolute Gasteiger partial charge is 0.130 e. The van der Waals surface area contributed by atoms with Crippen molar-refractivity contribution in [2.24, 2.45) is 0 Å². The van der Waals surface area contributed by atoms with Crippen LogP contribution < -0.4 is 0 Å². The van der Waals surface area contributed by atoms with Crippen molar-refractivity contribution in [1.29, 1.82) is 0 Å². The second kappa shape index (κ2) is 31.6. The van der Waals surface area contributed by atoms with Gasteiger partial charge in [0.2, 0.25) is 0 Å². The Hall–Kier alpha value is -5.30. The van der Waals surface area contributed by atoms with Crippen molar-refractivity contribution in [3.05, 3.63) is 244 Å². The van der Waals surface area contributed by atoms with E-state index in [1.54, 1.807) is 63.2 Å². The Morgan fingerprint density at radius 3 is 0.906 bits per heavy atom. The summed E-state index contributed by atoms with van der Waals surface area (Å²) in [5.74, 6) is -1.15. The van der Waals surface area contributed by atoms with Crippen LogP contribution in [0.1, 0.15) is 223 Å². The minimum absolute atomic E-state index is 0.0346. The van der Waals surface area contributed by atoms with Gasteiger partial charge in [0.05, 0.1) is 0 Å². The van der Waals surface area contributed by atoms with E-state index < -0.39 is 0 Å². The lowest BCUT2D eigenvalue weighted by molar-refractivity contribution is 0.506. The molecule has 0 aliphatic rings. The third-order valence-electron chi connectivity index (χ3n) is 13.7. The molecule has 0 aliphatic heterocycles. The normalized spacial score (nSPS) is 11.8. The minimum atomic E-state index is -0.371. The van der Waals surface area contributed by atoms with Crippen LogP contribution in [-0.4, -0.2) is 0 Å². The number of aryl methyl sites for hydroxylation is 7. The Balaban J connectivity index is 0.000000496. The van der Waals surface area contributed by atoms with E-state index >= 15 is 0 Å². The molecule has 0 atom stereocenters. The fourth-order valence-electron chi connectivity index (χ4n) is 8.39. The highest BCUT2D eigenvalue weighted by molar-refractivity contribution is 6.31. The maximum Gasteiger partial charge on any atom is 0.130 e. The first-order valence-electron chi connectivity index (χ1n) is 29.3. The molecule has 0 heterocycles. The number of hydrogen-bond donors (Lipinski definition) is 0. The van der Waals surface area contributed by atoms with E-state index in [9.17, 15) is 26.3 Å². The summed E-state index contributed by atoms with van der Waals surface area (Å²) < 4.78 is 79.5. The predicted octanol–water partition coefficient (Wildman–Crippen LogP) is 25.2. The lowest BCUT2D eigenvalue weighted by Gasteiger charge is -2.20. The van der Waals surface area contributed by atoms with E-state index in [-0.39, 0.29) is 72.8 Å². The molecule has 8 heteroatoms. The van der Waals surface area contributed by atoms with Gasteiger partial charge in [0, 0.05) is 10.0 Å². The molecule has 7 aromatic carbocycles. The Labute approximate surface area is 522 Å². The van der Waals surface area contributed by atoms with Gasteiger partial charge in [-0.2, -0.15) is 0 Å². The van der Waals surface area contributed by atoms with Crippen molar-refractivity contribution in [1.82, 2.24) is 0 Å². The third kappa shape index (κ3) is 28.0. The van der Waals surface area contributed by atoms with Crippen LogP contribution >= 0.6 is 23.2 Å². The molecular weight excluding hydrogens is 1110 g/mol. The molecule has 0 saturated carbocycles. The van der Waals surface area contributed by atoms with E-state index in [0.29, 0.717) is 27.3 Å². The van der Waals surface area contributed by atoms with Crippen LogP contribution in [0.5, 0.6) is 0 Å². The van der Waals surface area contributed by atoms with E-state index in [1.807, 2.05) is 113 Å². The molecule has 468 valence electrons. The fraction of sp³-hybridized carbons (Fsp3) is 0.455. The molecule has 0 spiro atoms. The van der Waals surface area contributed by atoms with Crippen LogP contribution in [0, 0.1) is 83.4 Å². The summed E-state index contributed by atoms with van der Waals surface area (Å²) in [6.45, 7) is 56.5. The molecule has 0 saturated heterocycles. The summed E-state index contributed by atoms with van der Waals surface area (Å²) >= 11 is 11.8. The van der Waals surface area contributed by atoms with Crippen molar-refractivity contribution < 1.29 is 26.3 Å². The Bertz CT molecular complexity index is 2970. The lowest BCUT2D eigenvalue weighted by Crippen LogP contribution is -2.14. The van der Waals surface area contributed by atoms with Gasteiger partial charge in [0.15, 0.2) is 0 Å². The predicted molar refractivity (Wildman–Crippen MR) is 359 cm³/mol. The van der Waals surface area contributed by atoms with Crippen molar-refractivity contribution >= 4 is 23.2 Å². The average molecular weight is 1210 g/mol. The van der Waals surface area contributed by atoms with Crippen LogP contribution in [0.4, 0.5) is 26.3 Å². The molecule has 85 heavy (non-hydrogen) atoms. The van der Waals surface area contributed by atoms with E-state index in [0.717, 1.165) is 38.4 Å². The highest BCUT2D eigenvalue weighted by atomic mass is 35.5. The van der Waals surface area contributed by atoms with Crippen molar-refractivity contribution in [3.8, 4) is 0 Å².